The minimum Gasteiger partial charge on any atom is -0.322 e. The molecule has 0 saturated carbocycles. The molecule has 1 atom stereocenters. The van der Waals surface area contributed by atoms with Crippen molar-refractivity contribution in [2.45, 2.75) is 18.9 Å². The lowest BCUT2D eigenvalue weighted by molar-refractivity contribution is 0.198. The van der Waals surface area contributed by atoms with Gasteiger partial charge in [-0.25, -0.2) is 0 Å². The summed E-state index contributed by atoms with van der Waals surface area (Å²) in [5.41, 5.74) is 7.27. The Balaban J connectivity index is 1.99. The van der Waals surface area contributed by atoms with E-state index in [1.165, 1.54) is 12.8 Å². The van der Waals surface area contributed by atoms with Crippen LogP contribution >= 0.6 is 0 Å². The Bertz CT molecular complexity index is 291. The molecule has 1 fully saturated rings. The van der Waals surface area contributed by atoms with Crippen molar-refractivity contribution in [3.8, 4) is 0 Å². The van der Waals surface area contributed by atoms with Gasteiger partial charge < -0.3 is 10.6 Å². The van der Waals surface area contributed by atoms with E-state index < -0.39 is 0 Å². The molecule has 2 heterocycles. The normalized spacial score (nSPS) is 21.5. The van der Waals surface area contributed by atoms with Gasteiger partial charge in [-0.1, -0.05) is 6.07 Å². The number of nitrogens with zero attached hydrogens (tertiary/aromatic N) is 2. The molecule has 0 aliphatic carbocycles. The highest BCUT2D eigenvalue weighted by atomic mass is 15.1. The molecule has 0 spiro atoms. The Morgan fingerprint density at radius 2 is 2.13 bits per heavy atom. The Kier molecular flexibility index (Phi) is 3.34. The summed E-state index contributed by atoms with van der Waals surface area (Å²) >= 11 is 0. The predicted molar refractivity (Wildman–Crippen MR) is 61.4 cm³/mol. The second-order valence-electron chi connectivity index (χ2n) is 4.42. The van der Waals surface area contributed by atoms with Gasteiger partial charge in [0.15, 0.2) is 0 Å². The third-order valence-corrected chi connectivity index (χ3v) is 3.30. The molecule has 0 radical (unpaired) electrons. The maximum Gasteiger partial charge on any atom is 0.0573 e. The summed E-state index contributed by atoms with van der Waals surface area (Å²) in [6.45, 7) is 2.32. The van der Waals surface area contributed by atoms with Gasteiger partial charge >= 0.3 is 0 Å². The van der Waals surface area contributed by atoms with Crippen LogP contribution < -0.4 is 5.73 Å². The summed E-state index contributed by atoms with van der Waals surface area (Å²) in [6, 6.07) is 6.09. The molecule has 0 amide bonds. The largest absolute Gasteiger partial charge is 0.322 e. The maximum absolute atomic E-state index is 6.23. The van der Waals surface area contributed by atoms with E-state index in [0.29, 0.717) is 5.92 Å². The van der Waals surface area contributed by atoms with E-state index >= 15 is 0 Å². The smallest absolute Gasteiger partial charge is 0.0573 e. The molecule has 0 unspecified atom stereocenters. The van der Waals surface area contributed by atoms with Crippen molar-refractivity contribution in [3.05, 3.63) is 30.1 Å². The first kappa shape index (κ1) is 10.6. The van der Waals surface area contributed by atoms with Crippen molar-refractivity contribution in [1.29, 1.82) is 0 Å². The Morgan fingerprint density at radius 1 is 1.40 bits per heavy atom. The van der Waals surface area contributed by atoms with E-state index in [1.807, 2.05) is 24.4 Å². The standard InChI is InChI=1S/C12H19N3/c1-15-8-5-10(6-9-15)12(13)11-4-2-3-7-14-11/h2-4,7,10,12H,5-6,8-9,13H2,1H3/t12-/m1/s1. The molecule has 2 rings (SSSR count). The molecule has 3 nitrogen and oxygen atoms in total. The molecule has 3 heteroatoms. The van der Waals surface area contributed by atoms with E-state index in [1.54, 1.807) is 0 Å². The second kappa shape index (κ2) is 4.73. The third kappa shape index (κ3) is 2.55. The fourth-order valence-corrected chi connectivity index (χ4v) is 2.20. The Labute approximate surface area is 91.3 Å². The van der Waals surface area contributed by atoms with Gasteiger partial charge in [0.05, 0.1) is 5.69 Å². The topological polar surface area (TPSA) is 42.1 Å². The Morgan fingerprint density at radius 3 is 2.73 bits per heavy atom. The molecule has 15 heavy (non-hydrogen) atoms. The number of piperidine rings is 1. The lowest BCUT2D eigenvalue weighted by Gasteiger charge is -2.32. The van der Waals surface area contributed by atoms with E-state index in [-0.39, 0.29) is 6.04 Å². The summed E-state index contributed by atoms with van der Waals surface area (Å²) in [4.78, 5) is 6.70. The molecular formula is C12H19N3. The van der Waals surface area contributed by atoms with Crippen molar-refractivity contribution < 1.29 is 0 Å². The van der Waals surface area contributed by atoms with Crippen molar-refractivity contribution in [2.75, 3.05) is 20.1 Å². The average molecular weight is 205 g/mol. The minimum absolute atomic E-state index is 0.111. The van der Waals surface area contributed by atoms with E-state index in [0.717, 1.165) is 18.8 Å². The molecular weight excluding hydrogens is 186 g/mol. The highest BCUT2D eigenvalue weighted by Crippen LogP contribution is 2.27. The number of nitrogens with two attached hydrogens (primary N) is 1. The number of aromatic nitrogens is 1. The first-order chi connectivity index (χ1) is 7.27. The number of rotatable bonds is 2. The van der Waals surface area contributed by atoms with Crippen LogP contribution in [0, 0.1) is 5.92 Å². The second-order valence-corrected chi connectivity index (χ2v) is 4.42. The predicted octanol–water partition coefficient (Wildman–Crippen LogP) is 1.42. The van der Waals surface area contributed by atoms with Crippen LogP contribution in [0.25, 0.3) is 0 Å². The quantitative estimate of drug-likeness (QED) is 0.794. The van der Waals surface area contributed by atoms with E-state index in [2.05, 4.69) is 16.9 Å². The molecule has 1 saturated heterocycles. The van der Waals surface area contributed by atoms with Crippen LogP contribution in [0.1, 0.15) is 24.6 Å². The molecule has 82 valence electrons. The SMILES string of the molecule is CN1CCC([C@@H](N)c2ccccn2)CC1. The zero-order valence-electron chi connectivity index (χ0n) is 9.26. The van der Waals surface area contributed by atoms with E-state index in [9.17, 15) is 0 Å². The summed E-state index contributed by atoms with van der Waals surface area (Å²) in [6.07, 6.45) is 4.20. The number of hydrogen-bond donors (Lipinski definition) is 1. The van der Waals surface area contributed by atoms with Gasteiger partial charge in [0.1, 0.15) is 0 Å². The zero-order valence-corrected chi connectivity index (χ0v) is 9.26. The molecule has 0 aromatic carbocycles. The fourth-order valence-electron chi connectivity index (χ4n) is 2.20. The highest BCUT2D eigenvalue weighted by Gasteiger charge is 2.24. The van der Waals surface area contributed by atoms with Gasteiger partial charge in [-0.05, 0) is 51.0 Å². The van der Waals surface area contributed by atoms with Gasteiger partial charge in [0.25, 0.3) is 0 Å². The average Bonchev–Trinajstić information content (AvgIpc) is 2.30. The van der Waals surface area contributed by atoms with Crippen LogP contribution in [-0.4, -0.2) is 30.0 Å². The summed E-state index contributed by atoms with van der Waals surface area (Å²) in [5.74, 6) is 0.594. The van der Waals surface area contributed by atoms with Gasteiger partial charge in [-0.15, -0.1) is 0 Å². The first-order valence-electron chi connectivity index (χ1n) is 5.62. The molecule has 1 aliphatic heterocycles. The van der Waals surface area contributed by atoms with Crippen LogP contribution in [0.2, 0.25) is 0 Å². The van der Waals surface area contributed by atoms with Crippen LogP contribution in [0.15, 0.2) is 24.4 Å². The number of pyridine rings is 1. The fraction of sp³-hybridized carbons (Fsp3) is 0.583. The summed E-state index contributed by atoms with van der Waals surface area (Å²) in [5, 5.41) is 0. The van der Waals surface area contributed by atoms with Crippen molar-refractivity contribution >= 4 is 0 Å². The molecule has 0 bridgehead atoms. The lowest BCUT2D eigenvalue weighted by Crippen LogP contribution is -2.35. The summed E-state index contributed by atoms with van der Waals surface area (Å²) in [7, 11) is 2.17. The molecule has 2 N–H and O–H groups in total. The third-order valence-electron chi connectivity index (χ3n) is 3.30. The molecule has 1 aliphatic rings. The van der Waals surface area contributed by atoms with Crippen molar-refractivity contribution in [3.63, 3.8) is 0 Å². The van der Waals surface area contributed by atoms with Gasteiger partial charge in [-0.2, -0.15) is 0 Å². The monoisotopic (exact) mass is 205 g/mol. The van der Waals surface area contributed by atoms with Gasteiger partial charge in [-0.3, -0.25) is 4.98 Å². The van der Waals surface area contributed by atoms with Crippen LogP contribution in [-0.2, 0) is 0 Å². The van der Waals surface area contributed by atoms with Crippen LogP contribution in [0.4, 0.5) is 0 Å². The van der Waals surface area contributed by atoms with Gasteiger partial charge in [0, 0.05) is 12.2 Å². The zero-order chi connectivity index (χ0) is 10.7. The van der Waals surface area contributed by atoms with Crippen molar-refractivity contribution in [1.82, 2.24) is 9.88 Å². The lowest BCUT2D eigenvalue weighted by atomic mass is 9.88. The first-order valence-corrected chi connectivity index (χ1v) is 5.62. The minimum atomic E-state index is 0.111. The molecule has 1 aromatic heterocycles. The summed E-state index contributed by atoms with van der Waals surface area (Å²) < 4.78 is 0. The molecule has 1 aromatic rings. The van der Waals surface area contributed by atoms with Crippen molar-refractivity contribution in [2.24, 2.45) is 11.7 Å². The van der Waals surface area contributed by atoms with Crippen LogP contribution in [0.5, 0.6) is 0 Å². The number of likely N-dealkylation sites (tertiary alicyclic amines) is 1. The van der Waals surface area contributed by atoms with Gasteiger partial charge in [0.2, 0.25) is 0 Å². The highest BCUT2D eigenvalue weighted by molar-refractivity contribution is 5.09. The maximum atomic E-state index is 6.23. The number of hydrogen-bond acceptors (Lipinski definition) is 3. The van der Waals surface area contributed by atoms with E-state index in [4.69, 9.17) is 5.73 Å². The van der Waals surface area contributed by atoms with Crippen LogP contribution in [0.3, 0.4) is 0 Å². The Hall–Kier alpha value is -0.930.